The summed E-state index contributed by atoms with van der Waals surface area (Å²) >= 11 is 0. The maximum Gasteiger partial charge on any atom is 0.322 e. The smallest absolute Gasteiger partial charge is 0.322 e. The zero-order valence-corrected chi connectivity index (χ0v) is 17.5. The van der Waals surface area contributed by atoms with Crippen LogP contribution in [0.3, 0.4) is 0 Å². The Morgan fingerprint density at radius 3 is 2.37 bits per heavy atom. The zero-order chi connectivity index (χ0) is 21.6. The molecule has 6 heteroatoms. The van der Waals surface area contributed by atoms with Crippen molar-refractivity contribution in [3.05, 3.63) is 89.9 Å². The third-order valence-electron chi connectivity index (χ3n) is 4.29. The molecule has 3 amide bonds. The molecule has 0 spiro atoms. The van der Waals surface area contributed by atoms with Crippen molar-refractivity contribution in [2.24, 2.45) is 0 Å². The van der Waals surface area contributed by atoms with Crippen molar-refractivity contribution in [2.45, 2.75) is 39.4 Å². The molecule has 3 rings (SSSR count). The van der Waals surface area contributed by atoms with Gasteiger partial charge in [0.05, 0.1) is 12.8 Å². The highest BCUT2D eigenvalue weighted by molar-refractivity contribution is 5.97. The molecule has 0 saturated carbocycles. The molecule has 0 bridgehead atoms. The maximum absolute atomic E-state index is 13.0. The molecule has 0 unspecified atom stereocenters. The fraction of sp³-hybridized carbons (Fsp3) is 0.250. The van der Waals surface area contributed by atoms with Crippen LogP contribution in [-0.4, -0.2) is 22.4 Å². The summed E-state index contributed by atoms with van der Waals surface area (Å²) in [5, 5.41) is 5.82. The first-order chi connectivity index (χ1) is 14.3. The molecule has 0 fully saturated rings. The molecule has 0 aliphatic rings. The van der Waals surface area contributed by atoms with Crippen LogP contribution in [0, 0.1) is 0 Å². The summed E-state index contributed by atoms with van der Waals surface area (Å²) in [5.74, 6) is 0.509. The van der Waals surface area contributed by atoms with E-state index in [4.69, 9.17) is 4.42 Å². The van der Waals surface area contributed by atoms with E-state index in [0.717, 1.165) is 5.56 Å². The summed E-state index contributed by atoms with van der Waals surface area (Å²) in [6.45, 7) is 6.53. The van der Waals surface area contributed by atoms with Crippen molar-refractivity contribution < 1.29 is 14.0 Å². The number of carbonyl (C=O) groups excluding carboxylic acids is 2. The molecule has 0 aliphatic carbocycles. The van der Waals surface area contributed by atoms with Gasteiger partial charge in [0.15, 0.2) is 0 Å². The molecule has 0 radical (unpaired) electrons. The van der Waals surface area contributed by atoms with Crippen LogP contribution in [0.1, 0.15) is 42.5 Å². The Labute approximate surface area is 176 Å². The number of furan rings is 1. The number of anilines is 1. The van der Waals surface area contributed by atoms with Crippen molar-refractivity contribution in [2.75, 3.05) is 5.32 Å². The van der Waals surface area contributed by atoms with Gasteiger partial charge < -0.3 is 20.0 Å². The van der Waals surface area contributed by atoms with Gasteiger partial charge in [-0.2, -0.15) is 0 Å². The fourth-order valence-electron chi connectivity index (χ4n) is 2.95. The number of nitrogens with one attached hydrogen (secondary N) is 2. The largest absolute Gasteiger partial charge is 0.467 e. The second-order valence-electron chi connectivity index (χ2n) is 8.14. The van der Waals surface area contributed by atoms with E-state index in [2.05, 4.69) is 10.6 Å². The van der Waals surface area contributed by atoms with Gasteiger partial charge in [0, 0.05) is 23.3 Å². The summed E-state index contributed by atoms with van der Waals surface area (Å²) in [7, 11) is 0. The van der Waals surface area contributed by atoms with Gasteiger partial charge in [0.1, 0.15) is 5.76 Å². The first kappa shape index (κ1) is 21.2. The van der Waals surface area contributed by atoms with Crippen LogP contribution in [0.2, 0.25) is 0 Å². The predicted molar refractivity (Wildman–Crippen MR) is 117 cm³/mol. The second kappa shape index (κ2) is 9.31. The summed E-state index contributed by atoms with van der Waals surface area (Å²) < 4.78 is 5.42. The van der Waals surface area contributed by atoms with Crippen LogP contribution in [0.25, 0.3) is 0 Å². The van der Waals surface area contributed by atoms with Crippen molar-refractivity contribution in [3.63, 3.8) is 0 Å². The summed E-state index contributed by atoms with van der Waals surface area (Å²) in [6, 6.07) is 20.0. The number of carbonyl (C=O) groups is 2. The van der Waals surface area contributed by atoms with Crippen LogP contribution in [-0.2, 0) is 13.1 Å². The van der Waals surface area contributed by atoms with Gasteiger partial charge in [-0.25, -0.2) is 4.79 Å². The van der Waals surface area contributed by atoms with Gasteiger partial charge in [-0.1, -0.05) is 36.4 Å². The minimum Gasteiger partial charge on any atom is -0.467 e. The normalized spacial score (nSPS) is 11.0. The highest BCUT2D eigenvalue weighted by Gasteiger charge is 2.18. The maximum atomic E-state index is 13.0. The van der Waals surface area contributed by atoms with E-state index >= 15 is 0 Å². The molecule has 0 aliphatic heterocycles. The standard InChI is InChI=1S/C24H27N3O3/c1-24(2,3)26-22(28)19-11-7-12-20(15-19)25-23(29)27(17-21-13-8-14-30-21)16-18-9-5-4-6-10-18/h4-15H,16-17H2,1-3H3,(H,25,29)(H,26,28). The Bertz CT molecular complexity index is 976. The van der Waals surface area contributed by atoms with Gasteiger partial charge >= 0.3 is 6.03 Å². The Hall–Kier alpha value is -3.54. The van der Waals surface area contributed by atoms with E-state index in [1.807, 2.05) is 57.2 Å². The van der Waals surface area contributed by atoms with E-state index in [0.29, 0.717) is 30.1 Å². The van der Waals surface area contributed by atoms with E-state index in [9.17, 15) is 9.59 Å². The topological polar surface area (TPSA) is 74.6 Å². The first-order valence-corrected chi connectivity index (χ1v) is 9.85. The van der Waals surface area contributed by atoms with Crippen LogP contribution in [0.15, 0.2) is 77.4 Å². The molecular formula is C24H27N3O3. The average Bonchev–Trinajstić information content (AvgIpc) is 3.20. The van der Waals surface area contributed by atoms with E-state index in [-0.39, 0.29) is 17.5 Å². The predicted octanol–water partition coefficient (Wildman–Crippen LogP) is 5.04. The lowest BCUT2D eigenvalue weighted by atomic mass is 10.1. The van der Waals surface area contributed by atoms with Gasteiger partial charge in [-0.3, -0.25) is 4.79 Å². The molecule has 1 aromatic heterocycles. The summed E-state index contributed by atoms with van der Waals surface area (Å²) in [6.07, 6.45) is 1.59. The number of urea groups is 1. The third-order valence-corrected chi connectivity index (χ3v) is 4.29. The molecule has 2 N–H and O–H groups in total. The Morgan fingerprint density at radius 2 is 1.70 bits per heavy atom. The van der Waals surface area contributed by atoms with Crippen molar-refractivity contribution in [1.29, 1.82) is 0 Å². The molecule has 0 atom stereocenters. The minimum atomic E-state index is -0.341. The number of rotatable bonds is 6. The average molecular weight is 405 g/mol. The first-order valence-electron chi connectivity index (χ1n) is 9.85. The van der Waals surface area contributed by atoms with E-state index < -0.39 is 0 Å². The molecule has 1 heterocycles. The number of hydrogen-bond donors (Lipinski definition) is 2. The number of hydrogen-bond acceptors (Lipinski definition) is 3. The highest BCUT2D eigenvalue weighted by Crippen LogP contribution is 2.16. The SMILES string of the molecule is CC(C)(C)NC(=O)c1cccc(NC(=O)N(Cc2ccccc2)Cc2ccco2)c1. The second-order valence-corrected chi connectivity index (χ2v) is 8.14. The molecule has 156 valence electrons. The lowest BCUT2D eigenvalue weighted by Crippen LogP contribution is -2.40. The van der Waals surface area contributed by atoms with Gasteiger partial charge in [-0.05, 0) is 56.7 Å². The van der Waals surface area contributed by atoms with Crippen LogP contribution >= 0.6 is 0 Å². The van der Waals surface area contributed by atoms with Gasteiger partial charge in [-0.15, -0.1) is 0 Å². The monoisotopic (exact) mass is 405 g/mol. The highest BCUT2D eigenvalue weighted by atomic mass is 16.3. The lowest BCUT2D eigenvalue weighted by Gasteiger charge is -2.23. The number of amides is 3. The van der Waals surface area contributed by atoms with Crippen molar-refractivity contribution >= 4 is 17.6 Å². The van der Waals surface area contributed by atoms with Crippen LogP contribution in [0.5, 0.6) is 0 Å². The minimum absolute atomic E-state index is 0.185. The van der Waals surface area contributed by atoms with Crippen LogP contribution < -0.4 is 10.6 Å². The van der Waals surface area contributed by atoms with Gasteiger partial charge in [0.2, 0.25) is 0 Å². The number of nitrogens with zero attached hydrogens (tertiary/aromatic N) is 1. The summed E-state index contributed by atoms with van der Waals surface area (Å²) in [4.78, 5) is 27.1. The third kappa shape index (κ3) is 6.24. The molecule has 3 aromatic rings. The molecule has 0 saturated heterocycles. The molecular weight excluding hydrogens is 378 g/mol. The number of benzene rings is 2. The van der Waals surface area contributed by atoms with Crippen molar-refractivity contribution in [3.8, 4) is 0 Å². The summed E-state index contributed by atoms with van der Waals surface area (Å²) in [5.41, 5.74) is 1.71. The molecule has 30 heavy (non-hydrogen) atoms. The lowest BCUT2D eigenvalue weighted by molar-refractivity contribution is 0.0919. The zero-order valence-electron chi connectivity index (χ0n) is 17.5. The Balaban J connectivity index is 1.74. The molecule has 6 nitrogen and oxygen atoms in total. The fourth-order valence-corrected chi connectivity index (χ4v) is 2.95. The van der Waals surface area contributed by atoms with Crippen LogP contribution in [0.4, 0.5) is 10.5 Å². The van der Waals surface area contributed by atoms with E-state index in [1.54, 1.807) is 41.5 Å². The Kier molecular flexibility index (Phi) is 6.57. The Morgan fingerprint density at radius 1 is 0.933 bits per heavy atom. The van der Waals surface area contributed by atoms with Gasteiger partial charge in [0.25, 0.3) is 5.91 Å². The van der Waals surface area contributed by atoms with E-state index in [1.165, 1.54) is 0 Å². The van der Waals surface area contributed by atoms with Crippen molar-refractivity contribution in [1.82, 2.24) is 10.2 Å². The molecule has 2 aromatic carbocycles. The quantitative estimate of drug-likeness (QED) is 0.603.